The van der Waals surface area contributed by atoms with E-state index in [1.165, 1.54) is 0 Å². The maximum atomic E-state index is 14.1. The average Bonchev–Trinajstić information content (AvgIpc) is 3.23. The number of amides is 2. The number of nitrogens with two attached hydrogens (primary N) is 1. The molecule has 2 amide bonds. The lowest BCUT2D eigenvalue weighted by atomic mass is 9.76. The highest BCUT2D eigenvalue weighted by atomic mass is 32.2. The Bertz CT molecular complexity index is 1620. The number of carbonyl (C=O) groups is 3. The predicted molar refractivity (Wildman–Crippen MR) is 178 cm³/mol. The monoisotopic (exact) mass is 710 g/mol. The number of nitrogens with zero attached hydrogens (tertiary/aromatic N) is 1. The third-order valence-corrected chi connectivity index (χ3v) is 9.99. The second-order valence-electron chi connectivity index (χ2n) is 12.8. The number of ether oxygens (including phenoxy) is 1. The van der Waals surface area contributed by atoms with Gasteiger partial charge in [-0.2, -0.15) is 13.2 Å². The van der Waals surface area contributed by atoms with Gasteiger partial charge in [-0.3, -0.25) is 9.59 Å². The summed E-state index contributed by atoms with van der Waals surface area (Å²) in [5.41, 5.74) is 7.31. The van der Waals surface area contributed by atoms with Crippen LogP contribution in [0.25, 0.3) is 4.91 Å². The Balaban J connectivity index is 0.000000838. The second-order valence-corrected chi connectivity index (χ2v) is 14.4. The molecule has 1 spiro atoms. The number of rotatable bonds is 11. The first-order chi connectivity index (χ1) is 22.8. The molecule has 5 N–H and O–H groups in total. The largest absolute Gasteiger partial charge is 0.490 e. The standard InChI is InChI=1S/C32H44N4O5S.C2HF3O2/c1-5-36(29(37)27(34-30(38)31(3,4)33)22-41-21-24-14-8-6-9-15-24)20-26-28(25-16-12-13-23(2)19-25)42(39,40)35-32(26)17-10-7-11-18-32;3-2(4,5)1(6)7/h6,8-9,12-16,19,27,35H,5,7,10-11,17-18,20-22,33H2,1-4H3,(H,34,38);(H,6,7)/t27-;/m1./s1. The maximum Gasteiger partial charge on any atom is 0.490 e. The van der Waals surface area contributed by atoms with Crippen molar-refractivity contribution in [3.63, 3.8) is 0 Å². The molecule has 1 aliphatic heterocycles. The zero-order chi connectivity index (χ0) is 36.6. The predicted octanol–water partition coefficient (Wildman–Crippen LogP) is 4.26. The number of carboxylic acids is 1. The van der Waals surface area contributed by atoms with E-state index in [0.717, 1.165) is 30.4 Å². The second kappa shape index (κ2) is 16.3. The number of hydrogen-bond donors (Lipinski definition) is 4. The lowest BCUT2D eigenvalue weighted by molar-refractivity contribution is -0.192. The van der Waals surface area contributed by atoms with Crippen molar-refractivity contribution in [3.05, 3.63) is 76.9 Å². The molecule has 1 aliphatic carbocycles. The molecule has 0 bridgehead atoms. The van der Waals surface area contributed by atoms with E-state index in [-0.39, 0.29) is 30.6 Å². The van der Waals surface area contributed by atoms with Crippen LogP contribution in [0.15, 0.2) is 60.2 Å². The van der Waals surface area contributed by atoms with Gasteiger partial charge >= 0.3 is 12.1 Å². The van der Waals surface area contributed by atoms with Crippen LogP contribution in [0.5, 0.6) is 0 Å². The molecule has 0 radical (unpaired) electrons. The molecule has 2 aromatic carbocycles. The van der Waals surface area contributed by atoms with Gasteiger partial charge < -0.3 is 25.8 Å². The molecule has 2 aliphatic rings. The summed E-state index contributed by atoms with van der Waals surface area (Å²) in [4.78, 5) is 37.8. The number of carbonyl (C=O) groups excluding carboxylic acids is 2. The van der Waals surface area contributed by atoms with Crippen molar-refractivity contribution in [1.29, 1.82) is 0 Å². The van der Waals surface area contributed by atoms with Crippen LogP contribution in [0.3, 0.4) is 0 Å². The summed E-state index contributed by atoms with van der Waals surface area (Å²) < 4.78 is 68.1. The summed E-state index contributed by atoms with van der Waals surface area (Å²) in [6.45, 7) is 7.58. The van der Waals surface area contributed by atoms with Crippen molar-refractivity contribution in [2.75, 3.05) is 19.7 Å². The number of aliphatic carboxylic acids is 1. The van der Waals surface area contributed by atoms with Crippen molar-refractivity contribution in [2.24, 2.45) is 5.73 Å². The minimum absolute atomic E-state index is 0.0580. The first-order valence-electron chi connectivity index (χ1n) is 16.0. The van der Waals surface area contributed by atoms with Crippen LogP contribution in [0.2, 0.25) is 0 Å². The summed E-state index contributed by atoms with van der Waals surface area (Å²) in [6.07, 6.45) is -0.918. The van der Waals surface area contributed by atoms with Gasteiger partial charge in [-0.1, -0.05) is 79.4 Å². The minimum atomic E-state index is -5.08. The molecule has 49 heavy (non-hydrogen) atoms. The van der Waals surface area contributed by atoms with Crippen LogP contribution in [0.4, 0.5) is 13.2 Å². The molecule has 270 valence electrons. The van der Waals surface area contributed by atoms with Gasteiger partial charge in [0.15, 0.2) is 0 Å². The number of alkyl halides is 3. The van der Waals surface area contributed by atoms with Gasteiger partial charge in [-0.15, -0.1) is 0 Å². The number of benzene rings is 2. The van der Waals surface area contributed by atoms with Crippen molar-refractivity contribution in [1.82, 2.24) is 14.9 Å². The summed E-state index contributed by atoms with van der Waals surface area (Å²) in [5, 5.41) is 9.92. The van der Waals surface area contributed by atoms with Crippen LogP contribution in [0, 0.1) is 6.92 Å². The van der Waals surface area contributed by atoms with E-state index in [2.05, 4.69) is 10.0 Å². The lowest BCUT2D eigenvalue weighted by Crippen LogP contribution is -2.58. The van der Waals surface area contributed by atoms with E-state index in [4.69, 9.17) is 20.4 Å². The number of halogens is 3. The molecule has 0 unspecified atom stereocenters. The molecule has 1 heterocycles. The van der Waals surface area contributed by atoms with E-state index in [9.17, 15) is 31.2 Å². The highest BCUT2D eigenvalue weighted by molar-refractivity contribution is 7.99. The molecule has 4 rings (SSSR count). The topological polar surface area (TPSA) is 168 Å². The van der Waals surface area contributed by atoms with Crippen LogP contribution in [-0.2, 0) is 35.8 Å². The SMILES string of the molecule is CCN(CC1=C(c2cccc(C)c2)S(=O)(=O)NC12CCCCC2)C(=O)[C@@H](COCc1ccccc1)NC(=O)C(C)(C)N.O=C(O)C(F)(F)F. The maximum absolute atomic E-state index is 14.1. The fourth-order valence-electron chi connectivity index (χ4n) is 5.79. The Kier molecular flexibility index (Phi) is 13.2. The number of hydrogen-bond acceptors (Lipinski definition) is 7. The zero-order valence-corrected chi connectivity index (χ0v) is 28.9. The summed E-state index contributed by atoms with van der Waals surface area (Å²) >= 11 is 0. The first-order valence-corrected chi connectivity index (χ1v) is 17.4. The molecule has 15 heteroatoms. The third-order valence-electron chi connectivity index (χ3n) is 8.31. The number of likely N-dealkylation sites (N-methyl/N-ethyl adjacent to an activating group) is 1. The fraction of sp³-hybridized carbons (Fsp3) is 0.500. The van der Waals surface area contributed by atoms with Gasteiger partial charge in [-0.05, 0) is 57.2 Å². The summed E-state index contributed by atoms with van der Waals surface area (Å²) in [6, 6.07) is 16.0. The summed E-state index contributed by atoms with van der Waals surface area (Å²) in [7, 11) is -3.82. The Labute approximate surface area is 285 Å². The van der Waals surface area contributed by atoms with Crippen LogP contribution >= 0.6 is 0 Å². The van der Waals surface area contributed by atoms with E-state index in [0.29, 0.717) is 30.5 Å². The molecular weight excluding hydrogens is 665 g/mol. The Morgan fingerprint density at radius 3 is 2.20 bits per heavy atom. The number of aryl methyl sites for hydroxylation is 1. The van der Waals surface area contributed by atoms with E-state index in [1.54, 1.807) is 18.7 Å². The normalized spacial score (nSPS) is 17.6. The van der Waals surface area contributed by atoms with E-state index in [1.807, 2.05) is 68.4 Å². The van der Waals surface area contributed by atoms with Crippen molar-refractivity contribution in [2.45, 2.75) is 89.7 Å². The molecule has 1 fully saturated rings. The Morgan fingerprint density at radius 2 is 1.67 bits per heavy atom. The highest BCUT2D eigenvalue weighted by Gasteiger charge is 2.50. The van der Waals surface area contributed by atoms with Gasteiger partial charge in [0, 0.05) is 13.1 Å². The van der Waals surface area contributed by atoms with Gasteiger partial charge in [0.05, 0.1) is 29.2 Å². The van der Waals surface area contributed by atoms with Gasteiger partial charge in [0.25, 0.3) is 0 Å². The highest BCUT2D eigenvalue weighted by Crippen LogP contribution is 2.46. The Morgan fingerprint density at radius 1 is 1.06 bits per heavy atom. The van der Waals surface area contributed by atoms with E-state index < -0.39 is 45.2 Å². The van der Waals surface area contributed by atoms with Crippen molar-refractivity contribution < 1.29 is 45.8 Å². The van der Waals surface area contributed by atoms with Crippen LogP contribution in [0.1, 0.15) is 69.6 Å². The van der Waals surface area contributed by atoms with Crippen molar-refractivity contribution in [3.8, 4) is 0 Å². The van der Waals surface area contributed by atoms with E-state index >= 15 is 0 Å². The number of carboxylic acid groups (broad SMARTS) is 1. The zero-order valence-electron chi connectivity index (χ0n) is 28.1. The molecular formula is C34H45F3N4O7S. The van der Waals surface area contributed by atoms with Gasteiger partial charge in [-0.25, -0.2) is 17.9 Å². The quantitative estimate of drug-likeness (QED) is 0.268. The number of nitrogens with one attached hydrogen (secondary N) is 2. The van der Waals surface area contributed by atoms with Crippen molar-refractivity contribution >= 4 is 32.7 Å². The van der Waals surface area contributed by atoms with Gasteiger partial charge in [0.1, 0.15) is 6.04 Å². The third kappa shape index (κ3) is 10.6. The molecule has 1 saturated carbocycles. The molecule has 2 aromatic rings. The van der Waals surface area contributed by atoms with Gasteiger partial charge in [0.2, 0.25) is 21.8 Å². The lowest BCUT2D eigenvalue weighted by Gasteiger charge is -2.38. The Hall–Kier alpha value is -3.79. The smallest absolute Gasteiger partial charge is 0.475 e. The first kappa shape index (κ1) is 39.6. The molecule has 0 saturated heterocycles. The molecule has 11 nitrogen and oxygen atoms in total. The van der Waals surface area contributed by atoms with Crippen LogP contribution in [-0.4, -0.2) is 79.2 Å². The van der Waals surface area contributed by atoms with Crippen LogP contribution < -0.4 is 15.8 Å². The average molecular weight is 711 g/mol. The molecule has 0 aromatic heterocycles. The minimum Gasteiger partial charge on any atom is -0.475 e. The number of sulfonamides is 1. The fourth-order valence-corrected chi connectivity index (χ4v) is 7.76. The molecule has 1 atom stereocenters. The summed E-state index contributed by atoms with van der Waals surface area (Å²) in [5.74, 6) is -3.59.